The van der Waals surface area contributed by atoms with Gasteiger partial charge in [-0.3, -0.25) is 0 Å². The molecule has 2 aliphatic rings. The summed E-state index contributed by atoms with van der Waals surface area (Å²) >= 11 is 0. The van der Waals surface area contributed by atoms with Gasteiger partial charge >= 0.3 is 0 Å². The van der Waals surface area contributed by atoms with E-state index < -0.39 is 76.3 Å². The largest absolute Gasteiger partial charge is 0.508 e. The van der Waals surface area contributed by atoms with Gasteiger partial charge < -0.3 is 70.0 Å². The normalized spacial score (nSPS) is 21.8. The van der Waals surface area contributed by atoms with Crippen LogP contribution in [0.1, 0.15) is 45.9 Å². The molecule has 0 saturated heterocycles. The molecule has 0 aliphatic carbocycles. The van der Waals surface area contributed by atoms with Crippen LogP contribution in [0.25, 0.3) is 0 Å². The van der Waals surface area contributed by atoms with E-state index in [-0.39, 0.29) is 57.2 Å². The molecule has 0 aromatic heterocycles. The van der Waals surface area contributed by atoms with Gasteiger partial charge in [0.05, 0.1) is 26.2 Å². The minimum atomic E-state index is -1.73. The van der Waals surface area contributed by atoms with Crippen molar-refractivity contribution in [3.8, 4) is 69.0 Å². The van der Waals surface area contributed by atoms with Crippen LogP contribution in [-0.2, 0) is 6.42 Å². The summed E-state index contributed by atoms with van der Waals surface area (Å²) in [5.41, 5.74) is -0.197. The highest BCUT2D eigenvalue weighted by Crippen LogP contribution is 2.58. The van der Waals surface area contributed by atoms with Gasteiger partial charge in [0, 0.05) is 52.4 Å². The van der Waals surface area contributed by atoms with Gasteiger partial charge in [-0.05, 0) is 24.3 Å². The zero-order chi connectivity index (χ0) is 33.2. The number of methoxy groups -OCH3 is 2. The van der Waals surface area contributed by atoms with Gasteiger partial charge in [-0.1, -0.05) is 0 Å². The smallest absolute Gasteiger partial charge is 0.203 e. The van der Waals surface area contributed by atoms with Crippen molar-refractivity contribution in [1.82, 2.24) is 0 Å². The molecule has 0 unspecified atom stereocenters. The number of phenols is 8. The van der Waals surface area contributed by atoms with Crippen molar-refractivity contribution in [2.24, 2.45) is 0 Å². The molecule has 0 spiro atoms. The van der Waals surface area contributed by atoms with Gasteiger partial charge in [0.25, 0.3) is 0 Å². The Labute approximate surface area is 260 Å². The molecule has 4 aromatic rings. The first kappa shape index (κ1) is 30.4. The van der Waals surface area contributed by atoms with E-state index in [1.807, 2.05) is 0 Å². The number of benzene rings is 4. The molecule has 14 nitrogen and oxygen atoms in total. The van der Waals surface area contributed by atoms with Gasteiger partial charge in [0.1, 0.15) is 40.6 Å². The summed E-state index contributed by atoms with van der Waals surface area (Å²) in [7, 11) is 2.44. The lowest BCUT2D eigenvalue weighted by molar-refractivity contribution is 0.000227. The molecule has 5 atom stereocenters. The molecule has 0 saturated carbocycles. The van der Waals surface area contributed by atoms with Crippen molar-refractivity contribution >= 4 is 0 Å². The van der Waals surface area contributed by atoms with Crippen molar-refractivity contribution in [2.45, 2.75) is 36.8 Å². The summed E-state index contributed by atoms with van der Waals surface area (Å²) in [6, 6.07) is 7.98. The molecular formula is C32H30O14. The van der Waals surface area contributed by atoms with E-state index in [9.17, 15) is 51.1 Å². The molecule has 2 heterocycles. The standard InChI is InChI=1S/C32H30O14/c1-43-31-19(38)5-11(6-20(31)39)28-21(40)9-14-16(35)10-18(37)24(29(14)46-28)25-23-17(36)7-12(33)8-22(23)45-30(27(25)42)13-3-4-15(34)32(44-2)26(13)41/h3-8,10,21,25,27-28,30,33-42H,9H2,1-2H3/t21-,25-,27+,28-,30-/m1/s1. The molecule has 0 amide bonds. The van der Waals surface area contributed by atoms with Crippen LogP contribution in [0, 0.1) is 0 Å². The maximum absolute atomic E-state index is 11.9. The second-order valence-electron chi connectivity index (χ2n) is 11.0. The molecule has 4 aromatic carbocycles. The SMILES string of the molecule is COc1c(O)cc([C@H]2Oc3c(c(O)cc(O)c3[C@H]3c4c(O)cc(O)cc4O[C@H](c4ccc(O)c(OC)c4O)[C@H]3O)C[C@H]2O)cc1O. The summed E-state index contributed by atoms with van der Waals surface area (Å²) in [5, 5.41) is 108. The van der Waals surface area contributed by atoms with E-state index in [0.29, 0.717) is 0 Å². The van der Waals surface area contributed by atoms with E-state index in [1.54, 1.807) is 0 Å². The second-order valence-corrected chi connectivity index (χ2v) is 11.0. The van der Waals surface area contributed by atoms with E-state index in [2.05, 4.69) is 0 Å². The van der Waals surface area contributed by atoms with E-state index >= 15 is 0 Å². The summed E-state index contributed by atoms with van der Waals surface area (Å²) in [4.78, 5) is 0. The van der Waals surface area contributed by atoms with Crippen LogP contribution >= 0.6 is 0 Å². The lowest BCUT2D eigenvalue weighted by Gasteiger charge is -2.40. The predicted octanol–water partition coefficient (Wildman–Crippen LogP) is 3.01. The van der Waals surface area contributed by atoms with Crippen molar-refractivity contribution in [3.05, 3.63) is 70.3 Å². The lowest BCUT2D eigenvalue weighted by Crippen LogP contribution is -2.37. The quantitative estimate of drug-likeness (QED) is 0.151. The summed E-state index contributed by atoms with van der Waals surface area (Å²) < 4.78 is 22.2. The highest BCUT2D eigenvalue weighted by atomic mass is 16.5. The number of hydrogen-bond acceptors (Lipinski definition) is 14. The van der Waals surface area contributed by atoms with Crippen molar-refractivity contribution in [1.29, 1.82) is 0 Å². The number of rotatable bonds is 5. The maximum Gasteiger partial charge on any atom is 0.203 e. The molecule has 6 rings (SSSR count). The first-order valence-electron chi connectivity index (χ1n) is 13.9. The van der Waals surface area contributed by atoms with Crippen LogP contribution in [0.4, 0.5) is 0 Å². The lowest BCUT2D eigenvalue weighted by atomic mass is 9.77. The van der Waals surface area contributed by atoms with Crippen molar-refractivity contribution in [2.75, 3.05) is 14.2 Å². The summed E-state index contributed by atoms with van der Waals surface area (Å²) in [5.74, 6) is -6.20. The number of ether oxygens (including phenoxy) is 4. The third kappa shape index (κ3) is 4.66. The van der Waals surface area contributed by atoms with E-state index in [1.165, 1.54) is 38.5 Å². The molecule has 0 bridgehead atoms. The molecule has 14 heteroatoms. The Morgan fingerprint density at radius 3 is 1.96 bits per heavy atom. The second kappa shape index (κ2) is 11.1. The Bertz CT molecular complexity index is 1830. The van der Waals surface area contributed by atoms with E-state index in [4.69, 9.17) is 18.9 Å². The van der Waals surface area contributed by atoms with Crippen LogP contribution in [0.3, 0.4) is 0 Å². The fraction of sp³-hybridized carbons (Fsp3) is 0.250. The Hall–Kier alpha value is -5.60. The van der Waals surface area contributed by atoms with Gasteiger partial charge in [-0.15, -0.1) is 0 Å². The molecular weight excluding hydrogens is 608 g/mol. The Morgan fingerprint density at radius 2 is 1.30 bits per heavy atom. The number of aliphatic hydroxyl groups is 2. The average molecular weight is 639 g/mol. The van der Waals surface area contributed by atoms with Gasteiger partial charge in [-0.25, -0.2) is 0 Å². The Balaban J connectivity index is 1.56. The topological polar surface area (TPSA) is 239 Å². The number of aliphatic hydroxyl groups excluding tert-OH is 2. The van der Waals surface area contributed by atoms with Gasteiger partial charge in [0.15, 0.2) is 35.2 Å². The van der Waals surface area contributed by atoms with E-state index in [0.717, 1.165) is 18.2 Å². The monoisotopic (exact) mass is 638 g/mol. The minimum absolute atomic E-state index is 0.0303. The Morgan fingerprint density at radius 1 is 0.652 bits per heavy atom. The molecule has 10 N–H and O–H groups in total. The van der Waals surface area contributed by atoms with Gasteiger partial charge in [0.2, 0.25) is 11.5 Å². The Kier molecular flexibility index (Phi) is 7.33. The fourth-order valence-corrected chi connectivity index (χ4v) is 6.26. The van der Waals surface area contributed by atoms with Crippen molar-refractivity contribution < 1.29 is 70.0 Å². The van der Waals surface area contributed by atoms with Crippen LogP contribution in [0.2, 0.25) is 0 Å². The maximum atomic E-state index is 11.9. The van der Waals surface area contributed by atoms with Crippen LogP contribution < -0.4 is 18.9 Å². The first-order valence-corrected chi connectivity index (χ1v) is 13.9. The third-order valence-corrected chi connectivity index (χ3v) is 8.27. The van der Waals surface area contributed by atoms with Crippen LogP contribution in [0.15, 0.2) is 42.5 Å². The highest BCUT2D eigenvalue weighted by molar-refractivity contribution is 5.66. The molecule has 46 heavy (non-hydrogen) atoms. The summed E-state index contributed by atoms with van der Waals surface area (Å²) in [6.07, 6.45) is -6.07. The zero-order valence-corrected chi connectivity index (χ0v) is 24.2. The minimum Gasteiger partial charge on any atom is -0.508 e. The predicted molar refractivity (Wildman–Crippen MR) is 156 cm³/mol. The third-order valence-electron chi connectivity index (χ3n) is 8.27. The summed E-state index contributed by atoms with van der Waals surface area (Å²) in [6.45, 7) is 0. The fourth-order valence-electron chi connectivity index (χ4n) is 6.26. The highest BCUT2D eigenvalue weighted by Gasteiger charge is 2.47. The van der Waals surface area contributed by atoms with Crippen LogP contribution in [-0.4, -0.2) is 77.5 Å². The number of hydrogen-bond donors (Lipinski definition) is 10. The average Bonchev–Trinajstić information content (AvgIpc) is 2.98. The number of fused-ring (bicyclic) bond motifs is 2. The molecule has 242 valence electrons. The van der Waals surface area contributed by atoms with Gasteiger partial charge in [-0.2, -0.15) is 0 Å². The molecule has 0 radical (unpaired) electrons. The zero-order valence-electron chi connectivity index (χ0n) is 24.2. The molecule has 0 fully saturated rings. The van der Waals surface area contributed by atoms with Crippen LogP contribution in [0.5, 0.6) is 69.0 Å². The molecule has 2 aliphatic heterocycles. The number of aromatic hydroxyl groups is 8. The number of phenolic OH excluding ortho intramolecular Hbond substituents is 8. The first-order chi connectivity index (χ1) is 21.9. The van der Waals surface area contributed by atoms with Crippen molar-refractivity contribution in [3.63, 3.8) is 0 Å².